The molecule has 2 aromatic carbocycles. The highest BCUT2D eigenvalue weighted by Crippen LogP contribution is 2.33. The van der Waals surface area contributed by atoms with Crippen molar-refractivity contribution in [3.8, 4) is 11.5 Å². The monoisotopic (exact) mass is 338 g/mol. The number of ether oxygens (including phenoxy) is 2. The van der Waals surface area contributed by atoms with Crippen LogP contribution in [0.25, 0.3) is 0 Å². The van der Waals surface area contributed by atoms with Crippen LogP contribution in [0, 0.1) is 0 Å². The Morgan fingerprint density at radius 2 is 1.84 bits per heavy atom. The molecule has 2 aliphatic rings. The highest BCUT2D eigenvalue weighted by Gasteiger charge is 2.26. The molecule has 0 aliphatic carbocycles. The van der Waals surface area contributed by atoms with E-state index in [0.717, 1.165) is 24.6 Å². The lowest BCUT2D eigenvalue weighted by Crippen LogP contribution is -2.30. The van der Waals surface area contributed by atoms with Crippen LogP contribution in [0.15, 0.2) is 48.5 Å². The first kappa shape index (κ1) is 16.0. The van der Waals surface area contributed by atoms with Crippen molar-refractivity contribution in [3.63, 3.8) is 0 Å². The molecule has 1 N–H and O–H groups in total. The first-order valence-corrected chi connectivity index (χ1v) is 8.74. The minimum absolute atomic E-state index is 0.0805. The fourth-order valence-corrected chi connectivity index (χ4v) is 3.49. The summed E-state index contributed by atoms with van der Waals surface area (Å²) in [5.41, 5.74) is 2.34. The summed E-state index contributed by atoms with van der Waals surface area (Å²) < 4.78 is 11.3. The van der Waals surface area contributed by atoms with Gasteiger partial charge in [0.2, 0.25) is 5.91 Å². The smallest absolute Gasteiger partial charge is 0.221 e. The van der Waals surface area contributed by atoms with E-state index >= 15 is 0 Å². The minimum Gasteiger partial charge on any atom is -0.486 e. The quantitative estimate of drug-likeness (QED) is 0.934. The first-order valence-electron chi connectivity index (χ1n) is 8.74. The predicted octanol–water partition coefficient (Wildman–Crippen LogP) is 2.52. The Morgan fingerprint density at radius 3 is 2.68 bits per heavy atom. The average molecular weight is 338 g/mol. The van der Waals surface area contributed by atoms with Crippen molar-refractivity contribution in [1.29, 1.82) is 0 Å². The van der Waals surface area contributed by atoms with Crippen LogP contribution in [0.4, 0.5) is 0 Å². The third-order valence-corrected chi connectivity index (χ3v) is 4.72. The number of benzene rings is 2. The van der Waals surface area contributed by atoms with E-state index in [9.17, 15) is 4.79 Å². The molecule has 0 saturated carbocycles. The third-order valence-electron chi connectivity index (χ3n) is 4.72. The maximum atomic E-state index is 12.1. The largest absolute Gasteiger partial charge is 0.486 e. The maximum absolute atomic E-state index is 12.1. The van der Waals surface area contributed by atoms with Crippen LogP contribution in [0.3, 0.4) is 0 Å². The zero-order valence-electron chi connectivity index (χ0n) is 14.1. The molecule has 0 radical (unpaired) electrons. The zero-order chi connectivity index (χ0) is 17.1. The molecule has 0 spiro atoms. The van der Waals surface area contributed by atoms with Crippen molar-refractivity contribution in [1.82, 2.24) is 10.2 Å². The summed E-state index contributed by atoms with van der Waals surface area (Å²) in [6.45, 7) is 3.45. The molecule has 5 nitrogen and oxygen atoms in total. The van der Waals surface area contributed by atoms with E-state index in [-0.39, 0.29) is 11.9 Å². The second-order valence-electron chi connectivity index (χ2n) is 6.43. The molecule has 2 heterocycles. The highest BCUT2D eigenvalue weighted by molar-refractivity contribution is 5.77. The van der Waals surface area contributed by atoms with Gasteiger partial charge in [0.15, 0.2) is 11.5 Å². The summed E-state index contributed by atoms with van der Waals surface area (Å²) in [5, 5.41) is 2.98. The molecule has 130 valence electrons. The summed E-state index contributed by atoms with van der Waals surface area (Å²) in [6.07, 6.45) is 0.481. The normalized spacial score (nSPS) is 20.6. The average Bonchev–Trinajstić information content (AvgIpc) is 2.84. The molecule has 1 atom stereocenters. The van der Waals surface area contributed by atoms with Crippen LogP contribution in [0.2, 0.25) is 0 Å². The van der Waals surface area contributed by atoms with Gasteiger partial charge in [-0.05, 0) is 23.3 Å². The minimum atomic E-state index is 0.0805. The van der Waals surface area contributed by atoms with Gasteiger partial charge in [0.25, 0.3) is 0 Å². The molecule has 0 aromatic heterocycles. The van der Waals surface area contributed by atoms with Crippen LogP contribution >= 0.6 is 0 Å². The molecular weight excluding hydrogens is 316 g/mol. The molecule has 4 rings (SSSR count). The number of nitrogens with one attached hydrogen (secondary N) is 1. The van der Waals surface area contributed by atoms with Crippen molar-refractivity contribution in [2.75, 3.05) is 26.3 Å². The molecule has 0 unspecified atom stereocenters. The Balaban J connectivity index is 1.59. The molecule has 0 bridgehead atoms. The van der Waals surface area contributed by atoms with Gasteiger partial charge in [-0.25, -0.2) is 0 Å². The van der Waals surface area contributed by atoms with Crippen LogP contribution in [-0.2, 0) is 11.3 Å². The number of hydrogen-bond acceptors (Lipinski definition) is 4. The van der Waals surface area contributed by atoms with Crippen LogP contribution < -0.4 is 14.8 Å². The van der Waals surface area contributed by atoms with Crippen molar-refractivity contribution in [2.45, 2.75) is 19.0 Å². The van der Waals surface area contributed by atoms with E-state index < -0.39 is 0 Å². The first-order chi connectivity index (χ1) is 12.3. The van der Waals surface area contributed by atoms with Gasteiger partial charge in [-0.3, -0.25) is 9.69 Å². The van der Waals surface area contributed by atoms with Gasteiger partial charge >= 0.3 is 0 Å². The van der Waals surface area contributed by atoms with Crippen molar-refractivity contribution in [2.24, 2.45) is 0 Å². The standard InChI is InChI=1S/C20H22N2O3/c23-20-13-17(16-4-2-1-3-5-16)22(9-8-21-20)14-15-6-7-18-19(12-15)25-11-10-24-18/h1-7,12,17H,8-11,13-14H2,(H,21,23)/t17-/m0/s1. The number of fused-ring (bicyclic) bond motifs is 1. The van der Waals surface area contributed by atoms with Gasteiger partial charge in [0.05, 0.1) is 0 Å². The number of carbonyl (C=O) groups is 1. The Hall–Kier alpha value is -2.53. The SMILES string of the molecule is O=C1C[C@@H](c2ccccc2)N(Cc2ccc3c(c2)OCCO3)CCN1. The molecule has 5 heteroatoms. The lowest BCUT2D eigenvalue weighted by atomic mass is 10.0. The van der Waals surface area contributed by atoms with Gasteiger partial charge < -0.3 is 14.8 Å². The van der Waals surface area contributed by atoms with Crippen molar-refractivity contribution < 1.29 is 14.3 Å². The topological polar surface area (TPSA) is 50.8 Å². The van der Waals surface area contributed by atoms with E-state index in [2.05, 4.69) is 34.5 Å². The van der Waals surface area contributed by atoms with Crippen molar-refractivity contribution >= 4 is 5.91 Å². The third kappa shape index (κ3) is 3.61. The van der Waals surface area contributed by atoms with Gasteiger partial charge in [-0.15, -0.1) is 0 Å². The molecule has 2 aliphatic heterocycles. The van der Waals surface area contributed by atoms with Crippen LogP contribution in [-0.4, -0.2) is 37.1 Å². The Labute approximate surface area is 147 Å². The molecule has 1 saturated heterocycles. The van der Waals surface area contributed by atoms with Gasteiger partial charge in [-0.1, -0.05) is 36.4 Å². The lowest BCUT2D eigenvalue weighted by Gasteiger charge is -2.30. The van der Waals surface area contributed by atoms with E-state index in [4.69, 9.17) is 9.47 Å². The van der Waals surface area contributed by atoms with Gasteiger partial charge in [0.1, 0.15) is 13.2 Å². The molecule has 1 amide bonds. The Morgan fingerprint density at radius 1 is 1.04 bits per heavy atom. The summed E-state index contributed by atoms with van der Waals surface area (Å²) >= 11 is 0. The summed E-state index contributed by atoms with van der Waals surface area (Å²) in [6, 6.07) is 16.4. The van der Waals surface area contributed by atoms with Crippen LogP contribution in [0.1, 0.15) is 23.6 Å². The number of carbonyl (C=O) groups excluding carboxylic acids is 1. The molecule has 2 aromatic rings. The predicted molar refractivity (Wildman–Crippen MR) is 94.7 cm³/mol. The van der Waals surface area contributed by atoms with E-state index in [1.165, 1.54) is 11.1 Å². The Kier molecular flexibility index (Phi) is 4.57. The number of amides is 1. The number of hydrogen-bond donors (Lipinski definition) is 1. The molecular formula is C20H22N2O3. The summed E-state index contributed by atoms with van der Waals surface area (Å²) in [4.78, 5) is 14.4. The summed E-state index contributed by atoms with van der Waals surface area (Å²) in [5.74, 6) is 1.73. The fraction of sp³-hybridized carbons (Fsp3) is 0.350. The summed E-state index contributed by atoms with van der Waals surface area (Å²) in [7, 11) is 0. The van der Waals surface area contributed by atoms with Crippen LogP contribution in [0.5, 0.6) is 11.5 Å². The maximum Gasteiger partial charge on any atom is 0.221 e. The Bertz CT molecular complexity index is 748. The number of nitrogens with zero attached hydrogens (tertiary/aromatic N) is 1. The number of rotatable bonds is 3. The van der Waals surface area contributed by atoms with Gasteiger partial charge in [-0.2, -0.15) is 0 Å². The van der Waals surface area contributed by atoms with E-state index in [1.54, 1.807) is 0 Å². The van der Waals surface area contributed by atoms with E-state index in [1.807, 2.05) is 24.3 Å². The highest BCUT2D eigenvalue weighted by atomic mass is 16.6. The zero-order valence-corrected chi connectivity index (χ0v) is 14.1. The van der Waals surface area contributed by atoms with Gasteiger partial charge in [0, 0.05) is 32.1 Å². The molecule has 1 fully saturated rings. The van der Waals surface area contributed by atoms with E-state index in [0.29, 0.717) is 26.2 Å². The molecule has 25 heavy (non-hydrogen) atoms. The lowest BCUT2D eigenvalue weighted by molar-refractivity contribution is -0.121. The second kappa shape index (κ2) is 7.15. The van der Waals surface area contributed by atoms with Crippen molar-refractivity contribution in [3.05, 3.63) is 59.7 Å². The fourth-order valence-electron chi connectivity index (χ4n) is 3.49. The second-order valence-corrected chi connectivity index (χ2v) is 6.43.